The molecule has 1 saturated heterocycles. The average Bonchev–Trinajstić information content (AvgIpc) is 2.46. The highest BCUT2D eigenvalue weighted by molar-refractivity contribution is 6.32. The molecule has 0 spiro atoms. The summed E-state index contributed by atoms with van der Waals surface area (Å²) in [6.45, 7) is 1.22. The second-order valence-electron chi connectivity index (χ2n) is 4.14. The Bertz CT molecular complexity index is 600. The number of carbonyl (C=O) groups is 1. The highest BCUT2D eigenvalue weighted by atomic mass is 35.5. The van der Waals surface area contributed by atoms with E-state index in [1.54, 1.807) is 0 Å². The van der Waals surface area contributed by atoms with E-state index >= 15 is 0 Å². The van der Waals surface area contributed by atoms with Crippen LogP contribution in [0.15, 0.2) is 12.3 Å². The third-order valence-corrected chi connectivity index (χ3v) is 3.22. The summed E-state index contributed by atoms with van der Waals surface area (Å²) in [5, 5.41) is 22.6. The molecule has 0 saturated carbocycles. The van der Waals surface area contributed by atoms with Crippen molar-refractivity contribution < 1.29 is 9.72 Å². The van der Waals surface area contributed by atoms with Gasteiger partial charge in [-0.3, -0.25) is 14.9 Å². The van der Waals surface area contributed by atoms with Gasteiger partial charge in [0, 0.05) is 25.7 Å². The third-order valence-electron chi connectivity index (χ3n) is 2.92. The van der Waals surface area contributed by atoms with E-state index in [0.29, 0.717) is 19.6 Å². The molecule has 8 nitrogen and oxygen atoms in total. The van der Waals surface area contributed by atoms with Gasteiger partial charge in [-0.25, -0.2) is 4.98 Å². The molecule has 0 bridgehead atoms. The van der Waals surface area contributed by atoms with Crippen molar-refractivity contribution in [1.29, 1.82) is 5.26 Å². The largest absolute Gasteiger partial charge is 0.320 e. The van der Waals surface area contributed by atoms with E-state index in [-0.39, 0.29) is 16.4 Å². The maximum absolute atomic E-state index is 12.4. The first kappa shape index (κ1) is 14.2. The number of pyridine rings is 1. The molecule has 1 amide bonds. The van der Waals surface area contributed by atoms with Gasteiger partial charge in [0.25, 0.3) is 11.6 Å². The van der Waals surface area contributed by atoms with Crippen LogP contribution in [0, 0.1) is 21.4 Å². The number of halogens is 1. The third kappa shape index (κ3) is 2.68. The number of nitriles is 1. The maximum atomic E-state index is 12.4. The van der Waals surface area contributed by atoms with Gasteiger partial charge < -0.3 is 10.2 Å². The molecule has 0 aliphatic carbocycles. The van der Waals surface area contributed by atoms with Crippen LogP contribution in [0.25, 0.3) is 0 Å². The first-order valence-electron chi connectivity index (χ1n) is 5.76. The summed E-state index contributed by atoms with van der Waals surface area (Å²) in [6, 6.07) is 2.45. The number of nitro groups is 1. The minimum absolute atomic E-state index is 0.0667. The lowest BCUT2D eigenvalue weighted by Crippen LogP contribution is -2.53. The lowest BCUT2D eigenvalue weighted by atomic mass is 10.1. The molecule has 1 N–H and O–H groups in total. The number of nitrogens with one attached hydrogen (secondary N) is 1. The molecule has 2 rings (SSSR count). The Morgan fingerprint density at radius 2 is 2.45 bits per heavy atom. The van der Waals surface area contributed by atoms with Crippen LogP contribution in [-0.2, 0) is 0 Å². The zero-order valence-corrected chi connectivity index (χ0v) is 11.0. The molecule has 1 fully saturated rings. The normalized spacial score (nSPS) is 18.4. The molecule has 1 aromatic heterocycles. The molecule has 1 atom stereocenters. The van der Waals surface area contributed by atoms with E-state index < -0.39 is 16.9 Å². The second kappa shape index (κ2) is 5.81. The van der Waals surface area contributed by atoms with Gasteiger partial charge in [-0.05, 0) is 0 Å². The van der Waals surface area contributed by atoms with E-state index in [9.17, 15) is 14.9 Å². The molecular weight excluding hydrogens is 286 g/mol. The van der Waals surface area contributed by atoms with Crippen molar-refractivity contribution in [3.8, 4) is 6.07 Å². The lowest BCUT2D eigenvalue weighted by Gasteiger charge is -2.32. The zero-order chi connectivity index (χ0) is 14.7. The number of amides is 1. The van der Waals surface area contributed by atoms with E-state index in [1.165, 1.54) is 4.90 Å². The molecule has 1 aliphatic rings. The van der Waals surface area contributed by atoms with Gasteiger partial charge in [0.1, 0.15) is 17.4 Å². The highest BCUT2D eigenvalue weighted by Gasteiger charge is 2.29. The monoisotopic (exact) mass is 295 g/mol. The number of nitrogens with zero attached hydrogens (tertiary/aromatic N) is 4. The van der Waals surface area contributed by atoms with Crippen LogP contribution in [0.4, 0.5) is 5.69 Å². The van der Waals surface area contributed by atoms with Crippen LogP contribution in [0.2, 0.25) is 5.15 Å². The summed E-state index contributed by atoms with van der Waals surface area (Å²) in [5.74, 6) is -0.528. The van der Waals surface area contributed by atoms with Crippen LogP contribution < -0.4 is 5.32 Å². The van der Waals surface area contributed by atoms with Gasteiger partial charge in [-0.2, -0.15) is 5.26 Å². The number of rotatable bonds is 2. The van der Waals surface area contributed by atoms with Crippen molar-refractivity contribution in [3.63, 3.8) is 0 Å². The van der Waals surface area contributed by atoms with E-state index in [2.05, 4.69) is 10.3 Å². The predicted molar refractivity (Wildman–Crippen MR) is 69.2 cm³/mol. The van der Waals surface area contributed by atoms with Crippen molar-refractivity contribution >= 4 is 23.2 Å². The molecule has 1 unspecified atom stereocenters. The van der Waals surface area contributed by atoms with Crippen LogP contribution in [-0.4, -0.2) is 46.4 Å². The molecule has 1 aliphatic heterocycles. The molecule has 2 heterocycles. The number of hydrogen-bond donors (Lipinski definition) is 1. The number of carbonyl (C=O) groups excluding carboxylic acids is 1. The Kier molecular flexibility index (Phi) is 4.12. The Morgan fingerprint density at radius 3 is 3.10 bits per heavy atom. The van der Waals surface area contributed by atoms with E-state index in [0.717, 1.165) is 12.3 Å². The number of aromatic nitrogens is 1. The molecule has 9 heteroatoms. The first-order valence-corrected chi connectivity index (χ1v) is 6.13. The minimum Gasteiger partial charge on any atom is -0.320 e. The van der Waals surface area contributed by atoms with Crippen molar-refractivity contribution in [3.05, 3.63) is 33.1 Å². The van der Waals surface area contributed by atoms with E-state index in [4.69, 9.17) is 16.9 Å². The summed E-state index contributed by atoms with van der Waals surface area (Å²) >= 11 is 5.83. The Balaban J connectivity index is 2.35. The van der Waals surface area contributed by atoms with Crippen molar-refractivity contribution in [1.82, 2.24) is 15.2 Å². The van der Waals surface area contributed by atoms with Gasteiger partial charge in [-0.15, -0.1) is 0 Å². The molecule has 0 radical (unpaired) electrons. The van der Waals surface area contributed by atoms with Crippen LogP contribution in [0.3, 0.4) is 0 Å². The molecule has 104 valence electrons. The van der Waals surface area contributed by atoms with Crippen LogP contribution in [0.5, 0.6) is 0 Å². The molecule has 1 aromatic rings. The standard InChI is InChI=1S/C11H10ClN5O3/c12-10-9(3-7(6-15-10)17(19)20)11(18)16-2-1-14-5-8(16)4-13/h3,6,8,14H,1-2,5H2. The van der Waals surface area contributed by atoms with Gasteiger partial charge >= 0.3 is 0 Å². The fraction of sp³-hybridized carbons (Fsp3) is 0.364. The van der Waals surface area contributed by atoms with Crippen LogP contribution >= 0.6 is 11.6 Å². The Morgan fingerprint density at radius 1 is 1.70 bits per heavy atom. The lowest BCUT2D eigenvalue weighted by molar-refractivity contribution is -0.385. The van der Waals surface area contributed by atoms with Crippen molar-refractivity contribution in [2.24, 2.45) is 0 Å². The van der Waals surface area contributed by atoms with Crippen molar-refractivity contribution in [2.45, 2.75) is 6.04 Å². The SMILES string of the molecule is N#CC1CNCCN1C(=O)c1cc([N+](=O)[O-])cnc1Cl. The molecular formula is C11H10ClN5O3. The van der Waals surface area contributed by atoms with Crippen molar-refractivity contribution in [2.75, 3.05) is 19.6 Å². The number of hydrogen-bond acceptors (Lipinski definition) is 6. The summed E-state index contributed by atoms with van der Waals surface area (Å²) in [4.78, 5) is 27.4. The fourth-order valence-electron chi connectivity index (χ4n) is 1.90. The molecule has 0 aromatic carbocycles. The average molecular weight is 296 g/mol. The Hall–Kier alpha value is -2.24. The fourth-order valence-corrected chi connectivity index (χ4v) is 2.09. The Labute approximate surface area is 119 Å². The quantitative estimate of drug-likeness (QED) is 0.485. The summed E-state index contributed by atoms with van der Waals surface area (Å²) in [7, 11) is 0. The zero-order valence-electron chi connectivity index (χ0n) is 10.2. The maximum Gasteiger partial charge on any atom is 0.288 e. The van der Waals surface area contributed by atoms with Gasteiger partial charge in [0.2, 0.25) is 0 Å². The predicted octanol–water partition coefficient (Wildman–Crippen LogP) is 0.581. The second-order valence-corrected chi connectivity index (χ2v) is 4.49. The highest BCUT2D eigenvalue weighted by Crippen LogP contribution is 2.21. The van der Waals surface area contributed by atoms with E-state index in [1.807, 2.05) is 6.07 Å². The summed E-state index contributed by atoms with van der Waals surface area (Å²) in [6.07, 6.45) is 0.985. The first-order chi connectivity index (χ1) is 9.54. The van der Waals surface area contributed by atoms with Gasteiger partial charge in [0.05, 0.1) is 16.6 Å². The summed E-state index contributed by atoms with van der Waals surface area (Å²) < 4.78 is 0. The molecule has 20 heavy (non-hydrogen) atoms. The topological polar surface area (TPSA) is 112 Å². The van der Waals surface area contributed by atoms with Gasteiger partial charge in [0.15, 0.2) is 0 Å². The smallest absolute Gasteiger partial charge is 0.288 e. The van der Waals surface area contributed by atoms with Gasteiger partial charge in [-0.1, -0.05) is 11.6 Å². The summed E-state index contributed by atoms with van der Waals surface area (Å²) in [5.41, 5.74) is -0.385. The minimum atomic E-state index is -0.653. The number of piperazine rings is 1. The van der Waals surface area contributed by atoms with Crippen LogP contribution in [0.1, 0.15) is 10.4 Å².